The van der Waals surface area contributed by atoms with Gasteiger partial charge in [0.25, 0.3) is 0 Å². The Morgan fingerprint density at radius 2 is 2.10 bits per heavy atom. The number of rotatable bonds is 5. The average Bonchev–Trinajstić information content (AvgIpc) is 2.98. The molecule has 0 aromatic heterocycles. The predicted molar refractivity (Wildman–Crippen MR) is 75.3 cm³/mol. The highest BCUT2D eigenvalue weighted by atomic mass is 16.5. The molecule has 0 bridgehead atoms. The zero-order valence-electron chi connectivity index (χ0n) is 12.2. The molecule has 20 heavy (non-hydrogen) atoms. The van der Waals surface area contributed by atoms with Crippen LogP contribution in [0.15, 0.2) is 0 Å². The molecule has 2 amide bonds. The minimum atomic E-state index is -0.165. The number of carbonyl (C=O) groups excluding carboxylic acids is 2. The summed E-state index contributed by atoms with van der Waals surface area (Å²) in [6.07, 6.45) is 5.18. The summed E-state index contributed by atoms with van der Waals surface area (Å²) in [5, 5.41) is 5.59. The van der Waals surface area contributed by atoms with Crippen LogP contribution in [-0.2, 0) is 14.3 Å². The van der Waals surface area contributed by atoms with Crippen LogP contribution in [-0.4, -0.2) is 62.1 Å². The van der Waals surface area contributed by atoms with Crippen molar-refractivity contribution in [2.24, 2.45) is 0 Å². The van der Waals surface area contributed by atoms with Gasteiger partial charge in [0.15, 0.2) is 0 Å². The molecule has 0 radical (unpaired) electrons. The molecule has 0 aromatic carbocycles. The normalized spacial score (nSPS) is 27.2. The SMILES string of the molecule is CNC(=O)[C@H]1CCCCN1CC(=O)NC[C@@H]1CCCO1. The van der Waals surface area contributed by atoms with Crippen LogP contribution < -0.4 is 10.6 Å². The van der Waals surface area contributed by atoms with Crippen LogP contribution in [0.1, 0.15) is 32.1 Å². The summed E-state index contributed by atoms with van der Waals surface area (Å²) in [7, 11) is 1.65. The van der Waals surface area contributed by atoms with Crippen LogP contribution >= 0.6 is 0 Å². The van der Waals surface area contributed by atoms with Crippen molar-refractivity contribution < 1.29 is 14.3 Å². The van der Waals surface area contributed by atoms with Crippen molar-refractivity contribution in [1.29, 1.82) is 0 Å². The van der Waals surface area contributed by atoms with Gasteiger partial charge in [0, 0.05) is 20.2 Å². The Morgan fingerprint density at radius 1 is 1.25 bits per heavy atom. The monoisotopic (exact) mass is 283 g/mol. The van der Waals surface area contributed by atoms with Gasteiger partial charge >= 0.3 is 0 Å². The number of nitrogens with one attached hydrogen (secondary N) is 2. The Kier molecular flexibility index (Phi) is 5.79. The fourth-order valence-corrected chi connectivity index (χ4v) is 2.92. The molecular formula is C14H25N3O3. The lowest BCUT2D eigenvalue weighted by molar-refractivity contribution is -0.130. The van der Waals surface area contributed by atoms with Crippen LogP contribution in [0.4, 0.5) is 0 Å². The highest BCUT2D eigenvalue weighted by molar-refractivity contribution is 5.83. The molecule has 0 aliphatic carbocycles. The zero-order valence-corrected chi connectivity index (χ0v) is 12.2. The number of carbonyl (C=O) groups is 2. The van der Waals surface area contributed by atoms with Crippen molar-refractivity contribution >= 4 is 11.8 Å². The van der Waals surface area contributed by atoms with E-state index in [9.17, 15) is 9.59 Å². The fourth-order valence-electron chi connectivity index (χ4n) is 2.92. The summed E-state index contributed by atoms with van der Waals surface area (Å²) < 4.78 is 5.48. The molecule has 2 aliphatic heterocycles. The molecular weight excluding hydrogens is 258 g/mol. The van der Waals surface area contributed by atoms with E-state index in [0.717, 1.165) is 45.3 Å². The maximum atomic E-state index is 12.0. The molecule has 2 saturated heterocycles. The van der Waals surface area contributed by atoms with E-state index in [1.807, 2.05) is 4.90 Å². The molecule has 0 unspecified atom stereocenters. The third kappa shape index (κ3) is 4.18. The lowest BCUT2D eigenvalue weighted by Gasteiger charge is -2.33. The lowest BCUT2D eigenvalue weighted by Crippen LogP contribution is -2.52. The largest absolute Gasteiger partial charge is 0.376 e. The summed E-state index contributed by atoms with van der Waals surface area (Å²) in [5.41, 5.74) is 0. The Morgan fingerprint density at radius 3 is 2.80 bits per heavy atom. The maximum absolute atomic E-state index is 12.0. The topological polar surface area (TPSA) is 70.7 Å². The van der Waals surface area contributed by atoms with Crippen molar-refractivity contribution in [3.8, 4) is 0 Å². The first-order valence-electron chi connectivity index (χ1n) is 7.54. The predicted octanol–water partition coefficient (Wildman–Crippen LogP) is -0.118. The highest BCUT2D eigenvalue weighted by Crippen LogP contribution is 2.16. The summed E-state index contributed by atoms with van der Waals surface area (Å²) in [5.74, 6) is -0.00655. The number of hydrogen-bond donors (Lipinski definition) is 2. The summed E-state index contributed by atoms with van der Waals surface area (Å²) in [6, 6.07) is -0.165. The molecule has 0 spiro atoms. The van der Waals surface area contributed by atoms with Gasteiger partial charge in [-0.05, 0) is 32.2 Å². The molecule has 2 rings (SSSR count). The number of likely N-dealkylation sites (tertiary alicyclic amines) is 1. The number of hydrogen-bond acceptors (Lipinski definition) is 4. The standard InChI is InChI=1S/C14H25N3O3/c1-15-14(19)12-6-2-3-7-17(12)10-13(18)16-9-11-5-4-8-20-11/h11-12H,2-10H2,1H3,(H,15,19)(H,16,18)/t11-,12+/m0/s1. The van der Waals surface area contributed by atoms with Gasteiger partial charge < -0.3 is 15.4 Å². The zero-order chi connectivity index (χ0) is 14.4. The Bertz CT molecular complexity index is 343. The number of ether oxygens (including phenoxy) is 1. The van der Waals surface area contributed by atoms with Crippen LogP contribution in [0.3, 0.4) is 0 Å². The molecule has 2 aliphatic rings. The van der Waals surface area contributed by atoms with E-state index in [1.165, 1.54) is 0 Å². The number of amides is 2. The first-order valence-corrected chi connectivity index (χ1v) is 7.54. The quantitative estimate of drug-likeness (QED) is 0.738. The van der Waals surface area contributed by atoms with Gasteiger partial charge in [-0.15, -0.1) is 0 Å². The van der Waals surface area contributed by atoms with E-state index in [4.69, 9.17) is 4.74 Å². The van der Waals surface area contributed by atoms with Crippen molar-refractivity contribution in [3.63, 3.8) is 0 Å². The number of nitrogens with zero attached hydrogens (tertiary/aromatic N) is 1. The van der Waals surface area contributed by atoms with Gasteiger partial charge in [-0.25, -0.2) is 0 Å². The van der Waals surface area contributed by atoms with Crippen molar-refractivity contribution in [2.75, 3.05) is 33.3 Å². The van der Waals surface area contributed by atoms with E-state index >= 15 is 0 Å². The van der Waals surface area contributed by atoms with Gasteiger partial charge in [0.1, 0.15) is 0 Å². The van der Waals surface area contributed by atoms with Gasteiger partial charge in [-0.2, -0.15) is 0 Å². The van der Waals surface area contributed by atoms with Crippen molar-refractivity contribution in [3.05, 3.63) is 0 Å². The third-order valence-electron chi connectivity index (χ3n) is 4.06. The Hall–Kier alpha value is -1.14. The van der Waals surface area contributed by atoms with Gasteiger partial charge in [0.2, 0.25) is 11.8 Å². The summed E-state index contributed by atoms with van der Waals surface area (Å²) >= 11 is 0. The fraction of sp³-hybridized carbons (Fsp3) is 0.857. The molecule has 6 nitrogen and oxygen atoms in total. The second kappa shape index (κ2) is 7.59. The molecule has 2 atom stereocenters. The lowest BCUT2D eigenvalue weighted by atomic mass is 10.0. The van der Waals surface area contributed by atoms with E-state index in [0.29, 0.717) is 13.1 Å². The van der Waals surface area contributed by atoms with Crippen molar-refractivity contribution in [1.82, 2.24) is 15.5 Å². The Labute approximate surface area is 120 Å². The van der Waals surface area contributed by atoms with Crippen LogP contribution in [0.5, 0.6) is 0 Å². The van der Waals surface area contributed by atoms with E-state index in [1.54, 1.807) is 7.05 Å². The van der Waals surface area contributed by atoms with E-state index in [2.05, 4.69) is 10.6 Å². The van der Waals surface area contributed by atoms with E-state index in [-0.39, 0.29) is 24.0 Å². The molecule has 114 valence electrons. The highest BCUT2D eigenvalue weighted by Gasteiger charge is 2.29. The summed E-state index contributed by atoms with van der Waals surface area (Å²) in [6.45, 7) is 2.49. The first-order chi connectivity index (χ1) is 9.70. The maximum Gasteiger partial charge on any atom is 0.237 e. The number of likely N-dealkylation sites (N-methyl/N-ethyl adjacent to an activating group) is 1. The molecule has 0 saturated carbocycles. The molecule has 6 heteroatoms. The summed E-state index contributed by atoms with van der Waals surface area (Å²) in [4.78, 5) is 25.8. The molecule has 2 N–H and O–H groups in total. The van der Waals surface area contributed by atoms with E-state index < -0.39 is 0 Å². The number of piperidine rings is 1. The Balaban J connectivity index is 1.77. The van der Waals surface area contributed by atoms with Gasteiger partial charge in [-0.1, -0.05) is 6.42 Å². The average molecular weight is 283 g/mol. The van der Waals surface area contributed by atoms with Crippen molar-refractivity contribution in [2.45, 2.75) is 44.2 Å². The smallest absolute Gasteiger partial charge is 0.237 e. The second-order valence-electron chi connectivity index (χ2n) is 5.54. The van der Waals surface area contributed by atoms with Gasteiger partial charge in [-0.3, -0.25) is 14.5 Å². The van der Waals surface area contributed by atoms with Crippen LogP contribution in [0.25, 0.3) is 0 Å². The van der Waals surface area contributed by atoms with Crippen LogP contribution in [0.2, 0.25) is 0 Å². The first kappa shape index (κ1) is 15.3. The van der Waals surface area contributed by atoms with Gasteiger partial charge in [0.05, 0.1) is 18.7 Å². The molecule has 0 aromatic rings. The van der Waals surface area contributed by atoms with Crippen LogP contribution in [0, 0.1) is 0 Å². The molecule has 2 heterocycles. The minimum absolute atomic E-state index is 0.0108. The molecule has 2 fully saturated rings. The second-order valence-corrected chi connectivity index (χ2v) is 5.54. The minimum Gasteiger partial charge on any atom is -0.376 e. The third-order valence-corrected chi connectivity index (χ3v) is 4.06.